The molecule has 172 valence electrons. The van der Waals surface area contributed by atoms with Gasteiger partial charge in [0.25, 0.3) is 0 Å². The maximum absolute atomic E-state index is 13.0. The van der Waals surface area contributed by atoms with E-state index < -0.39 is 33.6 Å². The minimum absolute atomic E-state index is 0.0318. The topological polar surface area (TPSA) is 128 Å². The molecular weight excluding hydrogens is 448 g/mol. The Hall–Kier alpha value is -2.12. The monoisotopic (exact) mass is 476 g/mol. The van der Waals surface area contributed by atoms with E-state index in [1.54, 1.807) is 6.07 Å². The van der Waals surface area contributed by atoms with E-state index in [4.69, 9.17) is 0 Å². The van der Waals surface area contributed by atoms with Crippen LogP contribution in [0.3, 0.4) is 0 Å². The molecule has 32 heavy (non-hydrogen) atoms. The molecule has 1 heterocycles. The van der Waals surface area contributed by atoms with Gasteiger partial charge in [0.05, 0.1) is 23.9 Å². The number of Topliss-reactive ketones (excluding diaryl/α,β-unsaturated/α-hetero) is 1. The van der Waals surface area contributed by atoms with Gasteiger partial charge in [-0.25, -0.2) is 13.4 Å². The van der Waals surface area contributed by atoms with Crippen LogP contribution >= 0.6 is 11.3 Å². The van der Waals surface area contributed by atoms with E-state index in [2.05, 4.69) is 11.1 Å². The predicted molar refractivity (Wildman–Crippen MR) is 121 cm³/mol. The average Bonchev–Trinajstić information content (AvgIpc) is 3.42. The van der Waals surface area contributed by atoms with Crippen LogP contribution in [0.2, 0.25) is 0 Å². The van der Waals surface area contributed by atoms with E-state index in [1.165, 1.54) is 13.8 Å². The van der Waals surface area contributed by atoms with Gasteiger partial charge in [0.15, 0.2) is 15.6 Å². The van der Waals surface area contributed by atoms with Crippen molar-refractivity contribution in [2.45, 2.75) is 75.2 Å². The Morgan fingerprint density at radius 2 is 2.00 bits per heavy atom. The first kappa shape index (κ1) is 24.5. The number of sulfone groups is 1. The molecule has 1 fully saturated rings. The molecule has 2 N–H and O–H groups in total. The molecule has 0 atom stereocenters. The Labute approximate surface area is 192 Å². The van der Waals surface area contributed by atoms with Crippen LogP contribution in [0.15, 0.2) is 16.3 Å². The minimum Gasteiger partial charge on any atom is -0.390 e. The Kier molecular flexibility index (Phi) is 6.91. The second-order valence-corrected chi connectivity index (χ2v) is 12.3. The molecule has 0 spiro atoms. The van der Waals surface area contributed by atoms with Crippen LogP contribution in [0.5, 0.6) is 0 Å². The van der Waals surface area contributed by atoms with Crippen LogP contribution < -0.4 is 0 Å². The van der Waals surface area contributed by atoms with Gasteiger partial charge in [0.1, 0.15) is 20.6 Å². The van der Waals surface area contributed by atoms with Crippen molar-refractivity contribution in [2.24, 2.45) is 0 Å². The van der Waals surface area contributed by atoms with Crippen molar-refractivity contribution in [3.8, 4) is 6.07 Å². The fourth-order valence-electron chi connectivity index (χ4n) is 3.73. The van der Waals surface area contributed by atoms with E-state index >= 15 is 0 Å². The lowest BCUT2D eigenvalue weighted by Crippen LogP contribution is -2.20. The molecule has 0 saturated heterocycles. The van der Waals surface area contributed by atoms with Gasteiger partial charge in [-0.15, -0.1) is 11.3 Å². The first-order valence-electron chi connectivity index (χ1n) is 10.5. The third kappa shape index (κ3) is 5.26. The number of aromatic nitrogens is 1. The largest absolute Gasteiger partial charge is 0.390 e. The molecule has 1 aromatic carbocycles. The molecule has 9 heteroatoms. The number of rotatable bonds is 9. The zero-order chi connectivity index (χ0) is 23.8. The zero-order valence-electron chi connectivity index (χ0n) is 18.7. The van der Waals surface area contributed by atoms with Gasteiger partial charge in [0.2, 0.25) is 0 Å². The summed E-state index contributed by atoms with van der Waals surface area (Å²) in [6.45, 7) is 6.33. The van der Waals surface area contributed by atoms with Gasteiger partial charge < -0.3 is 10.2 Å². The number of carbonyl (C=O) groups is 1. The lowest BCUT2D eigenvalue weighted by atomic mass is 9.87. The first-order chi connectivity index (χ1) is 14.9. The summed E-state index contributed by atoms with van der Waals surface area (Å²) in [5.41, 5.74) is 1.83. The molecule has 0 aliphatic heterocycles. The van der Waals surface area contributed by atoms with Crippen LogP contribution in [-0.4, -0.2) is 35.2 Å². The van der Waals surface area contributed by atoms with Crippen LogP contribution in [0, 0.1) is 11.3 Å². The molecule has 7 nitrogen and oxygen atoms in total. The van der Waals surface area contributed by atoms with E-state index in [0.717, 1.165) is 40.9 Å². The standard InChI is InChI=1S/C23H28N2O5S2/c1-13(2)17-7-14(10-24)8-18(15-5-6-15)19(17)9-16(27)12-32(29,30)21-20(11-26)25-22(31-21)23(3,4)28/h7-8,13,15,26,28H,5-6,9,11-12H2,1-4H3. The number of hydrogen-bond acceptors (Lipinski definition) is 8. The summed E-state index contributed by atoms with van der Waals surface area (Å²) < 4.78 is 25.9. The van der Waals surface area contributed by atoms with Crippen molar-refractivity contribution in [2.75, 3.05) is 5.75 Å². The lowest BCUT2D eigenvalue weighted by Gasteiger charge is -2.18. The van der Waals surface area contributed by atoms with Crippen LogP contribution in [0.25, 0.3) is 0 Å². The van der Waals surface area contributed by atoms with Gasteiger partial charge in [-0.2, -0.15) is 5.26 Å². The first-order valence-corrected chi connectivity index (χ1v) is 13.0. The summed E-state index contributed by atoms with van der Waals surface area (Å²) in [4.78, 5) is 17.0. The SMILES string of the molecule is CC(C)c1cc(C#N)cc(C2CC2)c1CC(=O)CS(=O)(=O)c1sc(C(C)(C)O)nc1CO. The number of hydrogen-bond donors (Lipinski definition) is 2. The van der Waals surface area contributed by atoms with E-state index in [0.29, 0.717) is 11.5 Å². The number of carbonyl (C=O) groups excluding carboxylic acids is 1. The normalized spacial score (nSPS) is 14.6. The summed E-state index contributed by atoms with van der Waals surface area (Å²) in [5.74, 6) is -0.788. The maximum Gasteiger partial charge on any atom is 0.196 e. The number of thiazole rings is 1. The van der Waals surface area contributed by atoms with Crippen molar-refractivity contribution in [1.29, 1.82) is 5.26 Å². The van der Waals surface area contributed by atoms with E-state index in [-0.39, 0.29) is 27.2 Å². The quantitative estimate of drug-likeness (QED) is 0.568. The minimum atomic E-state index is -4.04. The summed E-state index contributed by atoms with van der Waals surface area (Å²) >= 11 is 0.780. The Morgan fingerprint density at radius 1 is 1.34 bits per heavy atom. The molecule has 3 rings (SSSR count). The van der Waals surface area contributed by atoms with Crippen LogP contribution in [0.4, 0.5) is 0 Å². The zero-order valence-corrected chi connectivity index (χ0v) is 20.3. The summed E-state index contributed by atoms with van der Waals surface area (Å²) in [7, 11) is -4.04. The molecule has 1 aliphatic carbocycles. The van der Waals surface area contributed by atoms with Gasteiger partial charge in [0, 0.05) is 6.42 Å². The highest BCUT2D eigenvalue weighted by molar-refractivity contribution is 7.94. The molecule has 0 amide bonds. The number of aliphatic hydroxyl groups is 2. The third-order valence-corrected chi connectivity index (χ3v) is 9.15. The second kappa shape index (κ2) is 9.02. The fraction of sp³-hybridized carbons (Fsp3) is 0.522. The maximum atomic E-state index is 13.0. The molecule has 0 unspecified atom stereocenters. The van der Waals surface area contributed by atoms with Crippen molar-refractivity contribution in [3.63, 3.8) is 0 Å². The Balaban J connectivity index is 1.93. The van der Waals surface area contributed by atoms with Crippen molar-refractivity contribution in [3.05, 3.63) is 45.1 Å². The van der Waals surface area contributed by atoms with Crippen molar-refractivity contribution >= 4 is 27.0 Å². The van der Waals surface area contributed by atoms with Gasteiger partial charge in [-0.05, 0) is 67.3 Å². The summed E-state index contributed by atoms with van der Waals surface area (Å²) in [5, 5.41) is 29.3. The van der Waals surface area contributed by atoms with Gasteiger partial charge >= 0.3 is 0 Å². The van der Waals surface area contributed by atoms with Crippen LogP contribution in [0.1, 0.15) is 85.3 Å². The number of ketones is 1. The molecule has 0 radical (unpaired) electrons. The third-order valence-electron chi connectivity index (χ3n) is 5.43. The van der Waals surface area contributed by atoms with Crippen molar-refractivity contribution < 1.29 is 23.4 Å². The number of aliphatic hydroxyl groups excluding tert-OH is 1. The highest BCUT2D eigenvalue weighted by Gasteiger charge is 2.33. The lowest BCUT2D eigenvalue weighted by molar-refractivity contribution is -0.116. The molecule has 1 aromatic heterocycles. The van der Waals surface area contributed by atoms with Gasteiger partial charge in [-0.3, -0.25) is 4.79 Å². The molecule has 1 aliphatic rings. The highest BCUT2D eigenvalue weighted by Crippen LogP contribution is 2.44. The van der Waals surface area contributed by atoms with E-state index in [9.17, 15) is 28.7 Å². The number of benzene rings is 1. The summed E-state index contributed by atoms with van der Waals surface area (Å²) in [6, 6.07) is 5.79. The summed E-state index contributed by atoms with van der Waals surface area (Å²) in [6.07, 6.45) is 1.95. The predicted octanol–water partition coefficient (Wildman–Crippen LogP) is 3.32. The van der Waals surface area contributed by atoms with Crippen LogP contribution in [-0.2, 0) is 33.3 Å². The fourth-order valence-corrected chi connectivity index (χ4v) is 6.58. The van der Waals surface area contributed by atoms with E-state index in [1.807, 2.05) is 19.9 Å². The second-order valence-electron chi connectivity index (χ2n) is 9.12. The average molecular weight is 477 g/mol. The molecule has 2 aromatic rings. The molecular formula is C23H28N2O5S2. The number of nitrogens with zero attached hydrogens (tertiary/aromatic N) is 2. The molecule has 1 saturated carbocycles. The Bertz CT molecular complexity index is 1160. The Morgan fingerprint density at radius 3 is 2.50 bits per heavy atom. The van der Waals surface area contributed by atoms with Gasteiger partial charge in [-0.1, -0.05) is 13.8 Å². The molecule has 0 bridgehead atoms. The smallest absolute Gasteiger partial charge is 0.196 e. The number of nitriles is 1. The van der Waals surface area contributed by atoms with Crippen molar-refractivity contribution in [1.82, 2.24) is 4.98 Å². The highest BCUT2D eigenvalue weighted by atomic mass is 32.2.